The van der Waals surface area contributed by atoms with E-state index in [1.54, 1.807) is 38.3 Å². The largest absolute Gasteiger partial charge is 0.497 e. The summed E-state index contributed by atoms with van der Waals surface area (Å²) in [5, 5.41) is 8.43. The van der Waals surface area contributed by atoms with Crippen LogP contribution in [0.4, 0.5) is 5.82 Å². The number of carbonyl (C=O) groups excluding carboxylic acids is 2. The molecule has 0 saturated heterocycles. The number of carbonyl (C=O) groups is 2. The fraction of sp³-hybridized carbons (Fsp3) is 0.214. The summed E-state index contributed by atoms with van der Waals surface area (Å²) in [7, 11) is 1.58. The van der Waals surface area contributed by atoms with Gasteiger partial charge in [-0.25, -0.2) is 0 Å². The first-order chi connectivity index (χ1) is 10.1. The Kier molecular flexibility index (Phi) is 4.55. The van der Waals surface area contributed by atoms with Crippen LogP contribution >= 0.6 is 0 Å². The second kappa shape index (κ2) is 6.56. The van der Waals surface area contributed by atoms with E-state index in [0.717, 1.165) is 11.3 Å². The molecule has 110 valence electrons. The van der Waals surface area contributed by atoms with Gasteiger partial charge in [0.15, 0.2) is 5.82 Å². The molecule has 21 heavy (non-hydrogen) atoms. The molecular formula is C14H15N3O4. The monoisotopic (exact) mass is 289 g/mol. The quantitative estimate of drug-likeness (QED) is 0.826. The van der Waals surface area contributed by atoms with Crippen LogP contribution in [0.15, 0.2) is 34.9 Å². The van der Waals surface area contributed by atoms with Crippen LogP contribution in [0, 0.1) is 6.92 Å². The molecule has 0 bridgehead atoms. The van der Waals surface area contributed by atoms with Gasteiger partial charge in [-0.05, 0) is 24.6 Å². The van der Waals surface area contributed by atoms with Gasteiger partial charge < -0.3 is 14.6 Å². The predicted octanol–water partition coefficient (Wildman–Crippen LogP) is 1.25. The fourth-order valence-electron chi connectivity index (χ4n) is 1.60. The third-order valence-electron chi connectivity index (χ3n) is 2.69. The number of nitrogens with one attached hydrogen (secondary N) is 2. The summed E-state index contributed by atoms with van der Waals surface area (Å²) < 4.78 is 9.82. The molecule has 1 aromatic carbocycles. The second-order valence-corrected chi connectivity index (χ2v) is 4.31. The first-order valence-electron chi connectivity index (χ1n) is 6.24. The smallest absolute Gasteiger partial charge is 0.314 e. The lowest BCUT2D eigenvalue weighted by Gasteiger charge is -2.05. The number of anilines is 1. The molecule has 2 rings (SSSR count). The Hall–Kier alpha value is -2.83. The highest BCUT2D eigenvalue weighted by Crippen LogP contribution is 2.11. The van der Waals surface area contributed by atoms with Crippen LogP contribution in [-0.2, 0) is 16.1 Å². The Labute approximate surface area is 121 Å². The highest BCUT2D eigenvalue weighted by molar-refractivity contribution is 6.39. The van der Waals surface area contributed by atoms with Crippen LogP contribution in [0.5, 0.6) is 5.75 Å². The van der Waals surface area contributed by atoms with Gasteiger partial charge in [0.25, 0.3) is 0 Å². The Morgan fingerprint density at radius 1 is 1.24 bits per heavy atom. The lowest BCUT2D eigenvalue weighted by Crippen LogP contribution is -2.35. The van der Waals surface area contributed by atoms with Crippen molar-refractivity contribution in [3.8, 4) is 5.75 Å². The van der Waals surface area contributed by atoms with Crippen LogP contribution in [0.2, 0.25) is 0 Å². The van der Waals surface area contributed by atoms with Crippen molar-refractivity contribution in [2.45, 2.75) is 13.5 Å². The summed E-state index contributed by atoms with van der Waals surface area (Å²) in [4.78, 5) is 23.3. The third-order valence-corrected chi connectivity index (χ3v) is 2.69. The standard InChI is InChI=1S/C14H15N3O4/c1-9-7-12(17-21-9)16-14(19)13(18)15-8-10-3-5-11(20-2)6-4-10/h3-7H,8H2,1-2H3,(H,15,18)(H,16,17,19). The molecule has 1 aromatic heterocycles. The molecule has 2 N–H and O–H groups in total. The van der Waals surface area contributed by atoms with E-state index in [4.69, 9.17) is 9.26 Å². The molecule has 2 aromatic rings. The van der Waals surface area contributed by atoms with E-state index < -0.39 is 11.8 Å². The van der Waals surface area contributed by atoms with Crippen molar-refractivity contribution in [2.75, 3.05) is 12.4 Å². The van der Waals surface area contributed by atoms with Crippen molar-refractivity contribution < 1.29 is 18.8 Å². The van der Waals surface area contributed by atoms with Gasteiger partial charge in [0.05, 0.1) is 7.11 Å². The van der Waals surface area contributed by atoms with Gasteiger partial charge in [0.1, 0.15) is 11.5 Å². The number of aromatic nitrogens is 1. The Morgan fingerprint density at radius 3 is 2.52 bits per heavy atom. The summed E-state index contributed by atoms with van der Waals surface area (Å²) >= 11 is 0. The fourth-order valence-corrected chi connectivity index (χ4v) is 1.60. The number of hydrogen-bond donors (Lipinski definition) is 2. The molecule has 0 fully saturated rings. The van der Waals surface area contributed by atoms with Crippen molar-refractivity contribution >= 4 is 17.6 Å². The van der Waals surface area contributed by atoms with Crippen molar-refractivity contribution in [2.24, 2.45) is 0 Å². The van der Waals surface area contributed by atoms with Crippen molar-refractivity contribution in [3.63, 3.8) is 0 Å². The molecule has 0 spiro atoms. The topological polar surface area (TPSA) is 93.5 Å². The molecule has 2 amide bonds. The minimum atomic E-state index is -0.795. The van der Waals surface area contributed by atoms with Gasteiger partial charge in [0.2, 0.25) is 0 Å². The number of amides is 2. The van der Waals surface area contributed by atoms with Crippen molar-refractivity contribution in [1.29, 1.82) is 0 Å². The SMILES string of the molecule is COc1ccc(CNC(=O)C(=O)Nc2cc(C)on2)cc1. The highest BCUT2D eigenvalue weighted by atomic mass is 16.5. The van der Waals surface area contributed by atoms with Crippen LogP contribution in [0.25, 0.3) is 0 Å². The molecule has 7 nitrogen and oxygen atoms in total. The summed E-state index contributed by atoms with van der Waals surface area (Å²) in [5.41, 5.74) is 0.856. The predicted molar refractivity (Wildman–Crippen MR) is 74.7 cm³/mol. The average molecular weight is 289 g/mol. The number of rotatable bonds is 4. The summed E-state index contributed by atoms with van der Waals surface area (Å²) in [5.74, 6) is -0.0615. The van der Waals surface area contributed by atoms with Gasteiger partial charge >= 0.3 is 11.8 Å². The molecule has 7 heteroatoms. The van der Waals surface area contributed by atoms with E-state index in [2.05, 4.69) is 15.8 Å². The molecule has 1 heterocycles. The van der Waals surface area contributed by atoms with Crippen LogP contribution in [0.3, 0.4) is 0 Å². The van der Waals surface area contributed by atoms with E-state index in [9.17, 15) is 9.59 Å². The highest BCUT2D eigenvalue weighted by Gasteiger charge is 2.15. The van der Waals surface area contributed by atoms with Gasteiger partial charge in [-0.1, -0.05) is 17.3 Å². The minimum absolute atomic E-state index is 0.206. The van der Waals surface area contributed by atoms with Gasteiger partial charge in [-0.3, -0.25) is 14.9 Å². The average Bonchev–Trinajstić information content (AvgIpc) is 2.90. The molecule has 0 radical (unpaired) electrons. The summed E-state index contributed by atoms with van der Waals surface area (Å²) in [6, 6.07) is 8.68. The molecular weight excluding hydrogens is 274 g/mol. The zero-order valence-electron chi connectivity index (χ0n) is 11.7. The minimum Gasteiger partial charge on any atom is -0.497 e. The molecule has 0 aliphatic carbocycles. The number of hydrogen-bond acceptors (Lipinski definition) is 5. The van der Waals surface area contributed by atoms with Gasteiger partial charge in [-0.15, -0.1) is 0 Å². The van der Waals surface area contributed by atoms with Crippen LogP contribution in [0.1, 0.15) is 11.3 Å². The second-order valence-electron chi connectivity index (χ2n) is 4.31. The van der Waals surface area contributed by atoms with E-state index in [0.29, 0.717) is 5.76 Å². The lowest BCUT2D eigenvalue weighted by atomic mass is 10.2. The first kappa shape index (κ1) is 14.6. The van der Waals surface area contributed by atoms with Crippen molar-refractivity contribution in [1.82, 2.24) is 10.5 Å². The number of methoxy groups -OCH3 is 1. The van der Waals surface area contributed by atoms with Gasteiger partial charge in [0, 0.05) is 12.6 Å². The number of benzene rings is 1. The Morgan fingerprint density at radius 2 is 1.95 bits per heavy atom. The molecule has 0 atom stereocenters. The third kappa shape index (κ3) is 4.07. The van der Waals surface area contributed by atoms with Crippen LogP contribution in [-0.4, -0.2) is 24.1 Å². The zero-order chi connectivity index (χ0) is 15.2. The maximum atomic E-state index is 11.6. The van der Waals surface area contributed by atoms with Crippen molar-refractivity contribution in [3.05, 3.63) is 41.7 Å². The molecule has 0 unspecified atom stereocenters. The lowest BCUT2D eigenvalue weighted by molar-refractivity contribution is -0.136. The molecule has 0 saturated carbocycles. The zero-order valence-corrected chi connectivity index (χ0v) is 11.7. The maximum absolute atomic E-state index is 11.6. The van der Waals surface area contributed by atoms with E-state index in [-0.39, 0.29) is 12.4 Å². The normalized spacial score (nSPS) is 10.0. The summed E-state index contributed by atoms with van der Waals surface area (Å²) in [6.07, 6.45) is 0. The maximum Gasteiger partial charge on any atom is 0.314 e. The number of aryl methyl sites for hydroxylation is 1. The van der Waals surface area contributed by atoms with Crippen LogP contribution < -0.4 is 15.4 Å². The first-order valence-corrected chi connectivity index (χ1v) is 6.24. The molecule has 0 aliphatic heterocycles. The number of nitrogens with zero attached hydrogens (tertiary/aromatic N) is 1. The van der Waals surface area contributed by atoms with E-state index in [1.807, 2.05) is 0 Å². The Balaban J connectivity index is 1.84. The summed E-state index contributed by atoms with van der Waals surface area (Å²) in [6.45, 7) is 1.93. The molecule has 0 aliphatic rings. The van der Waals surface area contributed by atoms with E-state index >= 15 is 0 Å². The van der Waals surface area contributed by atoms with E-state index in [1.165, 1.54) is 6.07 Å². The van der Waals surface area contributed by atoms with Gasteiger partial charge in [-0.2, -0.15) is 0 Å². The number of ether oxygens (including phenoxy) is 1. The Bertz CT molecular complexity index is 634.